The normalized spacial score (nSPS) is 18.1. The van der Waals surface area contributed by atoms with Gasteiger partial charge in [0.2, 0.25) is 5.91 Å². The maximum atomic E-state index is 12.0. The SMILES string of the molecule is CCNC(=NCC(=O)NC(C)(C)C)NCC1CCN(CCc2ccccc2)C1. The van der Waals surface area contributed by atoms with Gasteiger partial charge in [-0.25, -0.2) is 4.99 Å². The van der Waals surface area contributed by atoms with Crippen LogP contribution in [-0.2, 0) is 11.2 Å². The summed E-state index contributed by atoms with van der Waals surface area (Å²) < 4.78 is 0. The van der Waals surface area contributed by atoms with Crippen LogP contribution in [0, 0.1) is 5.92 Å². The summed E-state index contributed by atoms with van der Waals surface area (Å²) in [6.45, 7) is 13.1. The molecule has 1 unspecified atom stereocenters. The molecule has 6 nitrogen and oxygen atoms in total. The van der Waals surface area contributed by atoms with Gasteiger partial charge >= 0.3 is 0 Å². The Morgan fingerprint density at radius 1 is 1.21 bits per heavy atom. The van der Waals surface area contributed by atoms with Gasteiger partial charge in [-0.1, -0.05) is 30.3 Å². The molecule has 1 fully saturated rings. The minimum atomic E-state index is -0.231. The van der Waals surface area contributed by atoms with Crippen molar-refractivity contribution in [1.82, 2.24) is 20.9 Å². The molecule has 1 aromatic carbocycles. The summed E-state index contributed by atoms with van der Waals surface area (Å²) in [5.74, 6) is 1.27. The molecule has 0 aliphatic carbocycles. The topological polar surface area (TPSA) is 68.8 Å². The molecule has 3 N–H and O–H groups in total. The minimum absolute atomic E-state index is 0.0577. The molecule has 1 amide bonds. The molecule has 156 valence electrons. The highest BCUT2D eigenvalue weighted by molar-refractivity contribution is 5.85. The van der Waals surface area contributed by atoms with Crippen molar-refractivity contribution < 1.29 is 4.79 Å². The zero-order chi connectivity index (χ0) is 20.4. The lowest BCUT2D eigenvalue weighted by molar-refractivity contribution is -0.121. The Kier molecular flexibility index (Phi) is 8.77. The molecule has 1 heterocycles. The smallest absolute Gasteiger partial charge is 0.242 e. The molecule has 28 heavy (non-hydrogen) atoms. The van der Waals surface area contributed by atoms with E-state index in [0.29, 0.717) is 11.9 Å². The number of carbonyl (C=O) groups excluding carboxylic acids is 1. The minimum Gasteiger partial charge on any atom is -0.357 e. The van der Waals surface area contributed by atoms with Crippen LogP contribution in [0.15, 0.2) is 35.3 Å². The Hall–Kier alpha value is -2.08. The van der Waals surface area contributed by atoms with Gasteiger partial charge in [-0.2, -0.15) is 0 Å². The standard InChI is InChI=1S/C22H37N5O/c1-5-23-21(25-16-20(28)26-22(2,3)4)24-15-19-12-14-27(17-19)13-11-18-9-7-6-8-10-18/h6-10,19H,5,11-17H2,1-4H3,(H,26,28)(H2,23,24,25). The Morgan fingerprint density at radius 3 is 2.64 bits per heavy atom. The Balaban J connectivity index is 1.72. The third-order valence-corrected chi connectivity index (χ3v) is 4.73. The summed E-state index contributed by atoms with van der Waals surface area (Å²) in [5.41, 5.74) is 1.17. The van der Waals surface area contributed by atoms with Crippen molar-refractivity contribution in [2.75, 3.05) is 39.3 Å². The number of benzene rings is 1. The molecule has 1 atom stereocenters. The largest absolute Gasteiger partial charge is 0.357 e. The summed E-state index contributed by atoms with van der Waals surface area (Å²) >= 11 is 0. The van der Waals surface area contributed by atoms with E-state index < -0.39 is 0 Å². The van der Waals surface area contributed by atoms with Crippen LogP contribution in [0.5, 0.6) is 0 Å². The molecule has 1 aliphatic heterocycles. The van der Waals surface area contributed by atoms with E-state index in [-0.39, 0.29) is 18.0 Å². The van der Waals surface area contributed by atoms with Gasteiger partial charge in [0.1, 0.15) is 6.54 Å². The van der Waals surface area contributed by atoms with E-state index in [4.69, 9.17) is 0 Å². The van der Waals surface area contributed by atoms with Crippen molar-refractivity contribution in [2.45, 2.75) is 46.1 Å². The van der Waals surface area contributed by atoms with Crippen LogP contribution in [0.2, 0.25) is 0 Å². The van der Waals surface area contributed by atoms with Crippen LogP contribution in [0.25, 0.3) is 0 Å². The van der Waals surface area contributed by atoms with E-state index in [0.717, 1.165) is 39.1 Å². The molecule has 1 aromatic rings. The number of nitrogens with zero attached hydrogens (tertiary/aromatic N) is 2. The Morgan fingerprint density at radius 2 is 1.96 bits per heavy atom. The zero-order valence-electron chi connectivity index (χ0n) is 17.9. The molecule has 0 saturated carbocycles. The molecule has 2 rings (SSSR count). The van der Waals surface area contributed by atoms with Crippen molar-refractivity contribution in [2.24, 2.45) is 10.9 Å². The van der Waals surface area contributed by atoms with Crippen LogP contribution in [0.4, 0.5) is 0 Å². The molecule has 0 radical (unpaired) electrons. The number of likely N-dealkylation sites (tertiary alicyclic amines) is 1. The lowest BCUT2D eigenvalue weighted by Gasteiger charge is -2.20. The quantitative estimate of drug-likeness (QED) is 0.472. The van der Waals surface area contributed by atoms with Crippen molar-refractivity contribution in [3.8, 4) is 0 Å². The van der Waals surface area contributed by atoms with Crippen molar-refractivity contribution in [3.05, 3.63) is 35.9 Å². The van der Waals surface area contributed by atoms with Gasteiger partial charge in [0.25, 0.3) is 0 Å². The number of rotatable bonds is 8. The number of hydrogen-bond donors (Lipinski definition) is 3. The van der Waals surface area contributed by atoms with Crippen LogP contribution in [0.3, 0.4) is 0 Å². The second-order valence-corrected chi connectivity index (χ2v) is 8.57. The molecule has 0 aromatic heterocycles. The van der Waals surface area contributed by atoms with E-state index in [2.05, 4.69) is 56.2 Å². The highest BCUT2D eigenvalue weighted by atomic mass is 16.2. The first-order valence-corrected chi connectivity index (χ1v) is 10.4. The van der Waals surface area contributed by atoms with Crippen LogP contribution in [-0.4, -0.2) is 61.6 Å². The number of guanidine groups is 1. The van der Waals surface area contributed by atoms with Gasteiger partial charge in [-0.05, 0) is 58.6 Å². The molecule has 0 bridgehead atoms. The molecule has 1 aliphatic rings. The maximum Gasteiger partial charge on any atom is 0.242 e. The number of aliphatic imine (C=N–C) groups is 1. The van der Waals surface area contributed by atoms with Gasteiger partial charge < -0.3 is 20.9 Å². The van der Waals surface area contributed by atoms with Crippen LogP contribution in [0.1, 0.15) is 39.7 Å². The van der Waals surface area contributed by atoms with E-state index >= 15 is 0 Å². The summed E-state index contributed by atoms with van der Waals surface area (Å²) in [4.78, 5) is 18.9. The van der Waals surface area contributed by atoms with Crippen molar-refractivity contribution in [3.63, 3.8) is 0 Å². The lowest BCUT2D eigenvalue weighted by Crippen LogP contribution is -2.44. The van der Waals surface area contributed by atoms with E-state index in [1.807, 2.05) is 27.7 Å². The second kappa shape index (κ2) is 11.1. The molecule has 6 heteroatoms. The summed E-state index contributed by atoms with van der Waals surface area (Å²) in [6, 6.07) is 10.7. The Labute approximate surface area is 170 Å². The number of hydrogen-bond acceptors (Lipinski definition) is 3. The van der Waals surface area contributed by atoms with Gasteiger partial charge in [-0.15, -0.1) is 0 Å². The average Bonchev–Trinajstić information content (AvgIpc) is 3.10. The summed E-state index contributed by atoms with van der Waals surface area (Å²) in [5, 5.41) is 9.57. The Bertz CT molecular complexity index is 624. The fraction of sp³-hybridized carbons (Fsp3) is 0.636. The maximum absolute atomic E-state index is 12.0. The van der Waals surface area contributed by atoms with Crippen molar-refractivity contribution in [1.29, 1.82) is 0 Å². The van der Waals surface area contributed by atoms with Crippen molar-refractivity contribution >= 4 is 11.9 Å². The molecular formula is C22H37N5O. The average molecular weight is 388 g/mol. The fourth-order valence-electron chi connectivity index (χ4n) is 3.41. The van der Waals surface area contributed by atoms with Gasteiger partial charge in [0.05, 0.1) is 0 Å². The first kappa shape index (κ1) is 22.2. The van der Waals surface area contributed by atoms with E-state index in [9.17, 15) is 4.79 Å². The highest BCUT2D eigenvalue weighted by Gasteiger charge is 2.22. The highest BCUT2D eigenvalue weighted by Crippen LogP contribution is 2.16. The van der Waals surface area contributed by atoms with Gasteiger partial charge in [0, 0.05) is 31.7 Å². The monoisotopic (exact) mass is 387 g/mol. The predicted octanol–water partition coefficient (Wildman–Crippen LogP) is 2.02. The first-order valence-electron chi connectivity index (χ1n) is 10.4. The van der Waals surface area contributed by atoms with E-state index in [1.54, 1.807) is 0 Å². The van der Waals surface area contributed by atoms with Crippen LogP contribution >= 0.6 is 0 Å². The molecule has 0 spiro atoms. The number of nitrogens with one attached hydrogen (secondary N) is 3. The summed E-state index contributed by atoms with van der Waals surface area (Å²) in [7, 11) is 0. The number of carbonyl (C=O) groups is 1. The molecular weight excluding hydrogens is 350 g/mol. The third kappa shape index (κ3) is 8.74. The number of amides is 1. The summed E-state index contributed by atoms with van der Waals surface area (Å²) in [6.07, 6.45) is 2.31. The zero-order valence-corrected chi connectivity index (χ0v) is 17.9. The van der Waals surface area contributed by atoms with Gasteiger partial charge in [0.15, 0.2) is 5.96 Å². The first-order chi connectivity index (χ1) is 13.4. The second-order valence-electron chi connectivity index (χ2n) is 8.57. The fourth-order valence-corrected chi connectivity index (χ4v) is 3.41. The van der Waals surface area contributed by atoms with Crippen LogP contribution < -0.4 is 16.0 Å². The third-order valence-electron chi connectivity index (χ3n) is 4.73. The molecule has 1 saturated heterocycles. The van der Waals surface area contributed by atoms with Gasteiger partial charge in [-0.3, -0.25) is 4.79 Å². The lowest BCUT2D eigenvalue weighted by atomic mass is 10.1. The van der Waals surface area contributed by atoms with E-state index in [1.165, 1.54) is 12.0 Å². The predicted molar refractivity (Wildman–Crippen MR) is 117 cm³/mol.